The summed E-state index contributed by atoms with van der Waals surface area (Å²) in [7, 11) is 0. The fourth-order valence-corrected chi connectivity index (χ4v) is 1.30. The number of rotatable bonds is 5. The molecular weight excluding hydrogens is 192 g/mol. The van der Waals surface area contributed by atoms with Gasteiger partial charge in [0, 0.05) is 31.5 Å². The van der Waals surface area contributed by atoms with Crippen molar-refractivity contribution >= 4 is 5.91 Å². The maximum absolute atomic E-state index is 11.5. The van der Waals surface area contributed by atoms with E-state index in [4.69, 9.17) is 5.11 Å². The van der Waals surface area contributed by atoms with E-state index in [0.717, 1.165) is 0 Å². The first-order chi connectivity index (χ1) is 7.15. The molecule has 1 aromatic heterocycles. The highest BCUT2D eigenvalue weighted by Gasteiger charge is 2.14. The van der Waals surface area contributed by atoms with Gasteiger partial charge in [0.05, 0.1) is 5.56 Å². The Morgan fingerprint density at radius 1 is 1.60 bits per heavy atom. The summed E-state index contributed by atoms with van der Waals surface area (Å²) in [5, 5.41) is 11.9. The number of aromatic amines is 1. The molecule has 15 heavy (non-hydrogen) atoms. The molecule has 1 amide bonds. The van der Waals surface area contributed by atoms with Crippen LogP contribution in [-0.2, 0) is 0 Å². The number of nitrogens with one attached hydrogen (secondary N) is 2. The SMILES string of the molecule is CC(C)C(CO)CNC(=O)c1cc[nH]c1. The first-order valence-corrected chi connectivity index (χ1v) is 5.17. The Morgan fingerprint density at radius 2 is 2.33 bits per heavy atom. The number of carbonyl (C=O) groups is 1. The van der Waals surface area contributed by atoms with Crippen molar-refractivity contribution in [3.8, 4) is 0 Å². The fourth-order valence-electron chi connectivity index (χ4n) is 1.30. The second-order valence-corrected chi connectivity index (χ2v) is 4.00. The van der Waals surface area contributed by atoms with Crippen LogP contribution >= 0.6 is 0 Å². The maximum Gasteiger partial charge on any atom is 0.252 e. The molecule has 0 aliphatic carbocycles. The lowest BCUT2D eigenvalue weighted by atomic mass is 9.97. The Labute approximate surface area is 89.7 Å². The van der Waals surface area contributed by atoms with Gasteiger partial charge >= 0.3 is 0 Å². The summed E-state index contributed by atoms with van der Waals surface area (Å²) in [5.74, 6) is 0.379. The lowest BCUT2D eigenvalue weighted by Crippen LogP contribution is -2.32. The van der Waals surface area contributed by atoms with Crippen molar-refractivity contribution in [1.82, 2.24) is 10.3 Å². The van der Waals surface area contributed by atoms with E-state index in [2.05, 4.69) is 10.3 Å². The first-order valence-electron chi connectivity index (χ1n) is 5.17. The zero-order valence-electron chi connectivity index (χ0n) is 9.16. The van der Waals surface area contributed by atoms with Crippen molar-refractivity contribution in [2.75, 3.05) is 13.2 Å². The minimum absolute atomic E-state index is 0.102. The third-order valence-corrected chi connectivity index (χ3v) is 2.56. The molecular formula is C11H18N2O2. The van der Waals surface area contributed by atoms with Gasteiger partial charge in [-0.1, -0.05) is 13.8 Å². The van der Waals surface area contributed by atoms with Gasteiger partial charge in [-0.15, -0.1) is 0 Å². The van der Waals surface area contributed by atoms with E-state index in [-0.39, 0.29) is 18.4 Å². The zero-order chi connectivity index (χ0) is 11.3. The van der Waals surface area contributed by atoms with Crippen LogP contribution in [-0.4, -0.2) is 29.1 Å². The van der Waals surface area contributed by atoms with Gasteiger partial charge in [0.25, 0.3) is 5.91 Å². The zero-order valence-corrected chi connectivity index (χ0v) is 9.16. The summed E-state index contributed by atoms with van der Waals surface area (Å²) in [6.45, 7) is 4.68. The highest BCUT2D eigenvalue weighted by molar-refractivity contribution is 5.93. The third-order valence-electron chi connectivity index (χ3n) is 2.56. The summed E-state index contributed by atoms with van der Waals surface area (Å²) in [4.78, 5) is 14.4. The molecule has 0 aromatic carbocycles. The molecule has 0 spiro atoms. The van der Waals surface area contributed by atoms with Crippen LogP contribution in [0.25, 0.3) is 0 Å². The Morgan fingerprint density at radius 3 is 2.80 bits per heavy atom. The third kappa shape index (κ3) is 3.40. The Hall–Kier alpha value is -1.29. The molecule has 1 atom stereocenters. The number of amides is 1. The molecule has 0 aliphatic rings. The minimum Gasteiger partial charge on any atom is -0.396 e. The van der Waals surface area contributed by atoms with Crippen molar-refractivity contribution in [3.63, 3.8) is 0 Å². The molecule has 4 nitrogen and oxygen atoms in total. The topological polar surface area (TPSA) is 65.1 Å². The van der Waals surface area contributed by atoms with Gasteiger partial charge in [-0.3, -0.25) is 4.79 Å². The standard InChI is InChI=1S/C11H18N2O2/c1-8(2)10(7-14)6-13-11(15)9-3-4-12-5-9/h3-5,8,10,12,14H,6-7H2,1-2H3,(H,13,15). The molecule has 0 saturated heterocycles. The summed E-state index contributed by atoms with van der Waals surface area (Å²) in [5.41, 5.74) is 0.621. The van der Waals surface area contributed by atoms with Gasteiger partial charge in [0.1, 0.15) is 0 Å². The van der Waals surface area contributed by atoms with Gasteiger partial charge in [-0.25, -0.2) is 0 Å². The second kappa shape index (κ2) is 5.56. The first kappa shape index (κ1) is 11.8. The summed E-state index contributed by atoms with van der Waals surface area (Å²) < 4.78 is 0. The van der Waals surface area contributed by atoms with Crippen LogP contribution in [0.5, 0.6) is 0 Å². The summed E-state index contributed by atoms with van der Waals surface area (Å²) >= 11 is 0. The number of hydrogen-bond donors (Lipinski definition) is 3. The van der Waals surface area contributed by atoms with E-state index in [0.29, 0.717) is 18.0 Å². The normalized spacial score (nSPS) is 12.8. The molecule has 4 heteroatoms. The van der Waals surface area contributed by atoms with Crippen LogP contribution in [0.15, 0.2) is 18.5 Å². The van der Waals surface area contributed by atoms with Crippen molar-refractivity contribution in [1.29, 1.82) is 0 Å². The highest BCUT2D eigenvalue weighted by Crippen LogP contribution is 2.08. The minimum atomic E-state index is -0.102. The van der Waals surface area contributed by atoms with Crippen LogP contribution in [0.3, 0.4) is 0 Å². The molecule has 0 bridgehead atoms. The quantitative estimate of drug-likeness (QED) is 0.679. The number of aliphatic hydroxyl groups excluding tert-OH is 1. The molecule has 0 radical (unpaired) electrons. The van der Waals surface area contributed by atoms with E-state index >= 15 is 0 Å². The number of hydrogen-bond acceptors (Lipinski definition) is 2. The monoisotopic (exact) mass is 210 g/mol. The number of H-pyrrole nitrogens is 1. The van der Waals surface area contributed by atoms with E-state index in [1.165, 1.54) is 0 Å². The molecule has 1 rings (SSSR count). The Balaban J connectivity index is 2.40. The summed E-state index contributed by atoms with van der Waals surface area (Å²) in [6.07, 6.45) is 3.36. The van der Waals surface area contributed by atoms with Crippen molar-refractivity contribution < 1.29 is 9.90 Å². The van der Waals surface area contributed by atoms with Crippen LogP contribution in [0, 0.1) is 11.8 Å². The van der Waals surface area contributed by atoms with E-state index in [1.807, 2.05) is 13.8 Å². The van der Waals surface area contributed by atoms with Gasteiger partial charge in [0.2, 0.25) is 0 Å². The maximum atomic E-state index is 11.5. The smallest absolute Gasteiger partial charge is 0.252 e. The predicted octanol–water partition coefficient (Wildman–Crippen LogP) is 1.01. The van der Waals surface area contributed by atoms with Gasteiger partial charge < -0.3 is 15.4 Å². The second-order valence-electron chi connectivity index (χ2n) is 4.00. The van der Waals surface area contributed by atoms with E-state index in [1.54, 1.807) is 18.5 Å². The molecule has 1 heterocycles. The van der Waals surface area contributed by atoms with Crippen LogP contribution in [0.1, 0.15) is 24.2 Å². The molecule has 0 fully saturated rings. The van der Waals surface area contributed by atoms with Gasteiger partial charge in [-0.05, 0) is 12.0 Å². The predicted molar refractivity (Wildman–Crippen MR) is 58.5 cm³/mol. The van der Waals surface area contributed by atoms with Crippen molar-refractivity contribution in [3.05, 3.63) is 24.0 Å². The van der Waals surface area contributed by atoms with Crippen molar-refractivity contribution in [2.45, 2.75) is 13.8 Å². The van der Waals surface area contributed by atoms with E-state index < -0.39 is 0 Å². The number of carbonyl (C=O) groups excluding carboxylic acids is 1. The highest BCUT2D eigenvalue weighted by atomic mass is 16.3. The lowest BCUT2D eigenvalue weighted by Gasteiger charge is -2.18. The van der Waals surface area contributed by atoms with Gasteiger partial charge in [-0.2, -0.15) is 0 Å². The Bertz CT molecular complexity index is 294. The van der Waals surface area contributed by atoms with Crippen molar-refractivity contribution in [2.24, 2.45) is 11.8 Å². The van der Waals surface area contributed by atoms with Gasteiger partial charge in [0.15, 0.2) is 0 Å². The number of aliphatic hydroxyl groups is 1. The molecule has 1 aromatic rings. The number of aromatic nitrogens is 1. The Kier molecular flexibility index (Phi) is 4.37. The molecule has 84 valence electrons. The summed E-state index contributed by atoms with van der Waals surface area (Å²) in [6, 6.07) is 1.72. The molecule has 0 saturated carbocycles. The molecule has 1 unspecified atom stereocenters. The molecule has 0 aliphatic heterocycles. The van der Waals surface area contributed by atoms with Crippen LogP contribution < -0.4 is 5.32 Å². The molecule has 3 N–H and O–H groups in total. The largest absolute Gasteiger partial charge is 0.396 e. The van der Waals surface area contributed by atoms with E-state index in [9.17, 15) is 4.79 Å². The van der Waals surface area contributed by atoms with Crippen LogP contribution in [0.4, 0.5) is 0 Å². The average Bonchev–Trinajstić information content (AvgIpc) is 2.70. The van der Waals surface area contributed by atoms with Crippen LogP contribution in [0.2, 0.25) is 0 Å². The average molecular weight is 210 g/mol. The fraction of sp³-hybridized carbons (Fsp3) is 0.545. The lowest BCUT2D eigenvalue weighted by molar-refractivity contribution is 0.0931.